The van der Waals surface area contributed by atoms with Crippen molar-refractivity contribution in [2.45, 2.75) is 39.3 Å². The van der Waals surface area contributed by atoms with Crippen molar-refractivity contribution in [3.05, 3.63) is 12.8 Å². The minimum atomic E-state index is -1.59. The molecular formula is C8H21NO2Si2. The Morgan fingerprint density at radius 2 is 1.23 bits per heavy atom. The number of hydrogen-bond donors (Lipinski definition) is 0. The lowest BCUT2D eigenvalue weighted by Gasteiger charge is -2.31. The summed E-state index contributed by atoms with van der Waals surface area (Å²) in [6, 6.07) is 0. The molecule has 0 saturated carbocycles. The molecule has 0 saturated heterocycles. The van der Waals surface area contributed by atoms with Crippen LogP contribution in [0.2, 0.25) is 39.3 Å². The van der Waals surface area contributed by atoms with Gasteiger partial charge in [-0.15, -0.1) is 0 Å². The van der Waals surface area contributed by atoms with E-state index >= 15 is 0 Å². The third-order valence-corrected chi connectivity index (χ3v) is 2.33. The van der Waals surface area contributed by atoms with E-state index in [1.54, 1.807) is 6.20 Å². The van der Waals surface area contributed by atoms with Crippen LogP contribution < -0.4 is 0 Å². The van der Waals surface area contributed by atoms with Gasteiger partial charge in [-0.3, -0.25) is 9.05 Å². The zero-order chi connectivity index (χ0) is 10.7. The Bertz CT molecular complexity index is 156. The number of nitrogens with zero attached hydrogens (tertiary/aromatic N) is 1. The van der Waals surface area contributed by atoms with Crippen molar-refractivity contribution in [1.82, 2.24) is 5.23 Å². The highest BCUT2D eigenvalue weighted by Crippen LogP contribution is 2.12. The molecule has 0 aromatic rings. The van der Waals surface area contributed by atoms with Gasteiger partial charge in [0.25, 0.3) is 0 Å². The Balaban J connectivity index is 4.13. The van der Waals surface area contributed by atoms with E-state index in [1.165, 1.54) is 5.23 Å². The average Bonchev–Trinajstić information content (AvgIpc) is 1.79. The van der Waals surface area contributed by atoms with Gasteiger partial charge in [-0.25, -0.2) is 0 Å². The highest BCUT2D eigenvalue weighted by atomic mass is 28.4. The summed E-state index contributed by atoms with van der Waals surface area (Å²) in [5, 5.41) is 1.43. The first-order valence-electron chi connectivity index (χ1n) is 4.44. The largest absolute Gasteiger partial charge is 0.299 e. The van der Waals surface area contributed by atoms with Gasteiger partial charge in [-0.05, 0) is 39.3 Å². The van der Waals surface area contributed by atoms with E-state index in [-0.39, 0.29) is 0 Å². The minimum absolute atomic E-state index is 1.43. The molecule has 0 rings (SSSR count). The molecule has 78 valence electrons. The van der Waals surface area contributed by atoms with Gasteiger partial charge in [-0.1, -0.05) is 6.58 Å². The Morgan fingerprint density at radius 1 is 0.923 bits per heavy atom. The Labute approximate surface area is 83.5 Å². The van der Waals surface area contributed by atoms with E-state index in [4.69, 9.17) is 9.05 Å². The molecule has 13 heavy (non-hydrogen) atoms. The molecule has 0 atom stereocenters. The normalized spacial score (nSPS) is 12.8. The molecule has 0 aliphatic carbocycles. The molecule has 0 N–H and O–H groups in total. The van der Waals surface area contributed by atoms with E-state index < -0.39 is 16.6 Å². The van der Waals surface area contributed by atoms with Crippen LogP contribution >= 0.6 is 0 Å². The second kappa shape index (κ2) is 4.41. The molecule has 5 heteroatoms. The monoisotopic (exact) mass is 219 g/mol. The Morgan fingerprint density at radius 3 is 1.38 bits per heavy atom. The summed E-state index contributed by atoms with van der Waals surface area (Å²) in [6.45, 7) is 16.3. The van der Waals surface area contributed by atoms with Crippen LogP contribution in [0.5, 0.6) is 0 Å². The van der Waals surface area contributed by atoms with Gasteiger partial charge in [-0.2, -0.15) is 5.23 Å². The topological polar surface area (TPSA) is 21.7 Å². The van der Waals surface area contributed by atoms with E-state index in [1.807, 2.05) is 0 Å². The van der Waals surface area contributed by atoms with Gasteiger partial charge in [0.05, 0.1) is 0 Å². The standard InChI is InChI=1S/C8H21NO2Si2/c1-8-9(10-12(2,3)4)11-13(5,6)7/h8H,1H2,2-7H3. The molecule has 0 fully saturated rings. The maximum atomic E-state index is 5.63. The molecule has 0 aromatic heterocycles. The second-order valence-corrected chi connectivity index (χ2v) is 13.7. The zero-order valence-corrected chi connectivity index (χ0v) is 11.5. The smallest absolute Gasteiger partial charge is 0.223 e. The van der Waals surface area contributed by atoms with Crippen LogP contribution in [-0.2, 0) is 9.05 Å². The number of rotatable bonds is 5. The summed E-state index contributed by atoms with van der Waals surface area (Å²) in [7, 11) is -3.18. The minimum Gasteiger partial charge on any atom is -0.299 e. The van der Waals surface area contributed by atoms with Gasteiger partial charge >= 0.3 is 0 Å². The summed E-state index contributed by atoms with van der Waals surface area (Å²) in [4.78, 5) is 0. The predicted octanol–water partition coefficient (Wildman–Crippen LogP) is 2.96. The second-order valence-electron chi connectivity index (χ2n) is 4.88. The maximum Gasteiger partial charge on any atom is 0.223 e. The summed E-state index contributed by atoms with van der Waals surface area (Å²) < 4.78 is 11.3. The highest BCUT2D eigenvalue weighted by molar-refractivity contribution is 6.70. The van der Waals surface area contributed by atoms with E-state index in [0.717, 1.165) is 0 Å². The first-order valence-corrected chi connectivity index (χ1v) is 11.3. The average molecular weight is 219 g/mol. The van der Waals surface area contributed by atoms with E-state index in [0.29, 0.717) is 0 Å². The number of hydroxylamine groups is 2. The van der Waals surface area contributed by atoms with Crippen molar-refractivity contribution in [2.24, 2.45) is 0 Å². The molecule has 0 radical (unpaired) electrons. The van der Waals surface area contributed by atoms with Crippen LogP contribution in [0.15, 0.2) is 12.8 Å². The van der Waals surface area contributed by atoms with E-state index in [2.05, 4.69) is 45.9 Å². The van der Waals surface area contributed by atoms with Crippen LogP contribution in [-0.4, -0.2) is 21.9 Å². The summed E-state index contributed by atoms with van der Waals surface area (Å²) >= 11 is 0. The third kappa shape index (κ3) is 8.23. The molecule has 0 bridgehead atoms. The molecule has 0 aromatic carbocycles. The zero-order valence-electron chi connectivity index (χ0n) is 9.55. The SMILES string of the molecule is C=CN(O[Si](C)(C)C)O[Si](C)(C)C. The maximum absolute atomic E-state index is 5.63. The van der Waals surface area contributed by atoms with Crippen LogP contribution in [0, 0.1) is 0 Å². The highest BCUT2D eigenvalue weighted by Gasteiger charge is 2.24. The predicted molar refractivity (Wildman–Crippen MR) is 60.9 cm³/mol. The first kappa shape index (κ1) is 12.9. The van der Waals surface area contributed by atoms with Gasteiger partial charge < -0.3 is 0 Å². The summed E-state index contributed by atoms with van der Waals surface area (Å²) in [5.74, 6) is 0. The fraction of sp³-hybridized carbons (Fsp3) is 0.750. The molecule has 0 amide bonds. The molecule has 0 spiro atoms. The molecule has 0 heterocycles. The van der Waals surface area contributed by atoms with Gasteiger partial charge in [0, 0.05) is 6.20 Å². The fourth-order valence-electron chi connectivity index (χ4n) is 0.633. The van der Waals surface area contributed by atoms with E-state index in [9.17, 15) is 0 Å². The van der Waals surface area contributed by atoms with Crippen molar-refractivity contribution in [3.8, 4) is 0 Å². The third-order valence-electron chi connectivity index (χ3n) is 0.877. The van der Waals surface area contributed by atoms with Crippen LogP contribution in [0.4, 0.5) is 0 Å². The van der Waals surface area contributed by atoms with Gasteiger partial charge in [0.1, 0.15) is 0 Å². The van der Waals surface area contributed by atoms with Crippen molar-refractivity contribution in [3.63, 3.8) is 0 Å². The quantitative estimate of drug-likeness (QED) is 0.524. The van der Waals surface area contributed by atoms with Crippen molar-refractivity contribution in [2.75, 3.05) is 0 Å². The summed E-state index contributed by atoms with van der Waals surface area (Å²) in [6.07, 6.45) is 1.58. The Hall–Kier alpha value is -0.106. The van der Waals surface area contributed by atoms with Gasteiger partial charge in [0.15, 0.2) is 0 Å². The molecular weight excluding hydrogens is 198 g/mol. The number of hydrogen-bond acceptors (Lipinski definition) is 3. The lowest BCUT2D eigenvalue weighted by molar-refractivity contribution is -0.230. The van der Waals surface area contributed by atoms with Gasteiger partial charge in [0.2, 0.25) is 16.6 Å². The lowest BCUT2D eigenvalue weighted by atomic mass is 11.1. The van der Waals surface area contributed by atoms with Crippen LogP contribution in [0.3, 0.4) is 0 Å². The first-order chi connectivity index (χ1) is 5.64. The van der Waals surface area contributed by atoms with Crippen molar-refractivity contribution in [1.29, 1.82) is 0 Å². The van der Waals surface area contributed by atoms with Crippen LogP contribution in [0.1, 0.15) is 0 Å². The molecule has 3 nitrogen and oxygen atoms in total. The lowest BCUT2D eigenvalue weighted by Crippen LogP contribution is -2.40. The summed E-state index contributed by atoms with van der Waals surface area (Å²) in [5.41, 5.74) is 0. The van der Waals surface area contributed by atoms with Crippen molar-refractivity contribution >= 4 is 16.6 Å². The fourth-order valence-corrected chi connectivity index (χ4v) is 2.01. The molecule has 0 aliphatic heterocycles. The molecule has 0 aliphatic rings. The van der Waals surface area contributed by atoms with Crippen LogP contribution in [0.25, 0.3) is 0 Å². The molecule has 0 unspecified atom stereocenters. The van der Waals surface area contributed by atoms with Crippen molar-refractivity contribution < 1.29 is 9.05 Å². The Kier molecular flexibility index (Phi) is 4.37.